The zero-order valence-electron chi connectivity index (χ0n) is 15.1. The number of pyridine rings is 1. The first kappa shape index (κ1) is 19.8. The molecule has 2 aromatic heterocycles. The van der Waals surface area contributed by atoms with Gasteiger partial charge in [0.25, 0.3) is 5.56 Å². The van der Waals surface area contributed by atoms with Gasteiger partial charge in [-0.2, -0.15) is 0 Å². The molecule has 3 aromatic rings. The highest BCUT2D eigenvalue weighted by Gasteiger charge is 2.24. The topological polar surface area (TPSA) is 125 Å². The molecule has 11 heteroatoms. The molecule has 0 N–H and O–H groups in total. The maximum atomic E-state index is 13.0. The van der Waals surface area contributed by atoms with Gasteiger partial charge in [-0.1, -0.05) is 0 Å². The number of hydrogen-bond acceptors (Lipinski definition) is 8. The Labute approximate surface area is 162 Å². The number of carbonyl (C=O) groups excluding carboxylic acids is 1. The van der Waals surface area contributed by atoms with Crippen LogP contribution in [0.3, 0.4) is 0 Å². The lowest BCUT2D eigenvalue weighted by Crippen LogP contribution is -2.25. The number of rotatable bonds is 4. The smallest absolute Gasteiger partial charge is 0.337 e. The summed E-state index contributed by atoms with van der Waals surface area (Å²) < 4.78 is 43.1. The van der Waals surface area contributed by atoms with Gasteiger partial charge in [0, 0.05) is 24.9 Å². The largest absolute Gasteiger partial charge is 0.465 e. The van der Waals surface area contributed by atoms with Gasteiger partial charge in [-0.25, -0.2) is 23.2 Å². The molecule has 0 saturated carbocycles. The van der Waals surface area contributed by atoms with E-state index in [1.807, 2.05) is 0 Å². The molecule has 0 aliphatic carbocycles. The molecule has 9 nitrogen and oxygen atoms in total. The van der Waals surface area contributed by atoms with Crippen molar-refractivity contribution in [2.75, 3.05) is 13.4 Å². The molecule has 1 unspecified atom stereocenters. The summed E-state index contributed by atoms with van der Waals surface area (Å²) in [5.74, 6) is -0.605. The van der Waals surface area contributed by atoms with Crippen LogP contribution in [0, 0.1) is 0 Å². The van der Waals surface area contributed by atoms with Crippen molar-refractivity contribution in [1.29, 1.82) is 0 Å². The van der Waals surface area contributed by atoms with Crippen LogP contribution in [0.25, 0.3) is 11.0 Å². The van der Waals surface area contributed by atoms with Gasteiger partial charge in [-0.05, 0) is 30.3 Å². The van der Waals surface area contributed by atoms with Crippen LogP contribution >= 0.6 is 0 Å². The van der Waals surface area contributed by atoms with Crippen LogP contribution in [0.5, 0.6) is 0 Å². The first-order valence-electron chi connectivity index (χ1n) is 7.80. The second-order valence-electron chi connectivity index (χ2n) is 5.78. The highest BCUT2D eigenvalue weighted by Crippen LogP contribution is 2.22. The number of benzene rings is 1. The molecular formula is C17H15N3O6S2. The number of methoxy groups -OCH3 is 1. The number of aryl methyl sites for hydroxylation is 1. The summed E-state index contributed by atoms with van der Waals surface area (Å²) in [6, 6.07) is 6.24. The highest BCUT2D eigenvalue weighted by molar-refractivity contribution is 7.91. The van der Waals surface area contributed by atoms with Crippen molar-refractivity contribution in [3.63, 3.8) is 0 Å². The third kappa shape index (κ3) is 3.34. The van der Waals surface area contributed by atoms with Gasteiger partial charge in [-0.3, -0.25) is 13.6 Å². The summed E-state index contributed by atoms with van der Waals surface area (Å²) in [6.45, 7) is 0. The van der Waals surface area contributed by atoms with Crippen molar-refractivity contribution in [3.05, 3.63) is 52.4 Å². The highest BCUT2D eigenvalue weighted by atomic mass is 32.2. The summed E-state index contributed by atoms with van der Waals surface area (Å²) >= 11 is 0. The van der Waals surface area contributed by atoms with Crippen LogP contribution in [-0.2, 0) is 32.4 Å². The molecule has 0 spiro atoms. The fourth-order valence-electron chi connectivity index (χ4n) is 2.55. The predicted octanol–water partition coefficient (Wildman–Crippen LogP) is 0.685. The zero-order valence-corrected chi connectivity index (χ0v) is 16.7. The van der Waals surface area contributed by atoms with E-state index >= 15 is 0 Å². The Morgan fingerprint density at radius 2 is 1.86 bits per heavy atom. The second kappa shape index (κ2) is 7.24. The number of nitrogens with zero attached hydrogens (tertiary/aromatic N) is 3. The van der Waals surface area contributed by atoms with Crippen LogP contribution in [0.1, 0.15) is 10.4 Å². The number of esters is 1. The molecule has 0 bridgehead atoms. The molecule has 3 rings (SSSR count). The van der Waals surface area contributed by atoms with Crippen molar-refractivity contribution in [2.45, 2.75) is 14.9 Å². The van der Waals surface area contributed by atoms with Crippen LogP contribution in [0.15, 0.2) is 56.3 Å². The van der Waals surface area contributed by atoms with Gasteiger partial charge in [0.1, 0.15) is 10.5 Å². The average Bonchev–Trinajstić information content (AvgIpc) is 2.69. The minimum atomic E-state index is -4.16. The molecule has 0 amide bonds. The van der Waals surface area contributed by atoms with Gasteiger partial charge in [0.15, 0.2) is 0 Å². The van der Waals surface area contributed by atoms with Crippen LogP contribution < -0.4 is 5.56 Å². The van der Waals surface area contributed by atoms with E-state index in [0.29, 0.717) is 5.39 Å². The van der Waals surface area contributed by atoms with Crippen LogP contribution in [0.2, 0.25) is 0 Å². The molecule has 1 aromatic carbocycles. The van der Waals surface area contributed by atoms with Gasteiger partial charge in [-0.15, -0.1) is 0 Å². The Morgan fingerprint density at radius 1 is 1.21 bits per heavy atom. The lowest BCUT2D eigenvalue weighted by atomic mass is 10.2. The standard InChI is InChI=1S/C17H15N3O6S2/c1-20-14-11(9-18-17(19-14)27(3)23)8-13(15(20)21)28(24,25)12-6-4-10(5-7-12)16(22)26-2/h4-9H,1-3H3. The molecule has 0 saturated heterocycles. The van der Waals surface area contributed by atoms with E-state index in [0.717, 1.165) is 4.57 Å². The van der Waals surface area contributed by atoms with Crippen LogP contribution in [-0.4, -0.2) is 46.5 Å². The lowest BCUT2D eigenvalue weighted by molar-refractivity contribution is 0.0600. The number of hydrogen-bond donors (Lipinski definition) is 0. The fraction of sp³-hybridized carbons (Fsp3) is 0.176. The van der Waals surface area contributed by atoms with Gasteiger partial charge >= 0.3 is 5.97 Å². The van der Waals surface area contributed by atoms with Gasteiger partial charge in [0.05, 0.1) is 28.4 Å². The van der Waals surface area contributed by atoms with Crippen molar-refractivity contribution < 1.29 is 22.2 Å². The summed E-state index contributed by atoms with van der Waals surface area (Å²) in [5, 5.41) is 0.345. The average molecular weight is 421 g/mol. The molecule has 28 heavy (non-hydrogen) atoms. The monoisotopic (exact) mass is 421 g/mol. The van der Waals surface area contributed by atoms with E-state index < -0.39 is 37.1 Å². The Hall–Kier alpha value is -2.92. The Bertz CT molecular complexity index is 1280. The second-order valence-corrected chi connectivity index (χ2v) is 8.97. The fourth-order valence-corrected chi connectivity index (χ4v) is 4.36. The summed E-state index contributed by atoms with van der Waals surface area (Å²) in [6.07, 6.45) is 2.72. The quantitative estimate of drug-likeness (QED) is 0.445. The molecule has 0 aliphatic rings. The van der Waals surface area contributed by atoms with E-state index in [1.165, 1.54) is 56.9 Å². The SMILES string of the molecule is COC(=O)c1ccc(S(=O)(=O)c2cc3cnc(S(C)=O)nc3n(C)c2=O)cc1. The van der Waals surface area contributed by atoms with Gasteiger partial charge in [0.2, 0.25) is 15.0 Å². The maximum Gasteiger partial charge on any atom is 0.337 e. The molecule has 146 valence electrons. The summed E-state index contributed by atoms with van der Waals surface area (Å²) in [7, 11) is -3.02. The normalized spacial score (nSPS) is 12.7. The number of sulfone groups is 1. The van der Waals surface area contributed by atoms with E-state index in [2.05, 4.69) is 14.7 Å². The Balaban J connectivity index is 2.18. The third-order valence-corrected chi connectivity index (χ3v) is 6.50. The number of ether oxygens (including phenoxy) is 1. The first-order chi connectivity index (χ1) is 13.2. The number of fused-ring (bicyclic) bond motifs is 1. The first-order valence-corrected chi connectivity index (χ1v) is 10.8. The summed E-state index contributed by atoms with van der Waals surface area (Å²) in [5.41, 5.74) is -0.428. The molecular weight excluding hydrogens is 406 g/mol. The van der Waals surface area contributed by atoms with Crippen molar-refractivity contribution in [3.8, 4) is 0 Å². The zero-order chi connectivity index (χ0) is 20.6. The molecule has 0 fully saturated rings. The van der Waals surface area contributed by atoms with Crippen molar-refractivity contribution in [2.24, 2.45) is 7.05 Å². The third-order valence-electron chi connectivity index (χ3n) is 4.03. The molecule has 0 radical (unpaired) electrons. The minimum absolute atomic E-state index is 0.0384. The van der Waals surface area contributed by atoms with E-state index in [4.69, 9.17) is 0 Å². The van der Waals surface area contributed by atoms with Crippen molar-refractivity contribution in [1.82, 2.24) is 14.5 Å². The summed E-state index contributed by atoms with van der Waals surface area (Å²) in [4.78, 5) is 31.6. The molecule has 0 aliphatic heterocycles. The predicted molar refractivity (Wildman–Crippen MR) is 100 cm³/mol. The Morgan fingerprint density at radius 3 is 2.43 bits per heavy atom. The minimum Gasteiger partial charge on any atom is -0.465 e. The van der Waals surface area contributed by atoms with E-state index in [9.17, 15) is 22.2 Å². The lowest BCUT2D eigenvalue weighted by Gasteiger charge is -2.10. The molecule has 1 atom stereocenters. The maximum absolute atomic E-state index is 13.0. The van der Waals surface area contributed by atoms with Gasteiger partial charge < -0.3 is 4.74 Å². The number of aromatic nitrogens is 3. The number of carbonyl (C=O) groups is 1. The van der Waals surface area contributed by atoms with E-state index in [1.54, 1.807) is 0 Å². The van der Waals surface area contributed by atoms with Crippen LogP contribution in [0.4, 0.5) is 0 Å². The molecule has 2 heterocycles. The van der Waals surface area contributed by atoms with E-state index in [-0.39, 0.29) is 21.3 Å². The van der Waals surface area contributed by atoms with Crippen molar-refractivity contribution >= 4 is 37.6 Å². The Kier molecular flexibility index (Phi) is 5.13.